The number of morpholine rings is 1. The summed E-state index contributed by atoms with van der Waals surface area (Å²) in [6.07, 6.45) is 4.49. The molecule has 0 aliphatic carbocycles. The third kappa shape index (κ3) is 3.68. The summed E-state index contributed by atoms with van der Waals surface area (Å²) in [7, 11) is 0. The fraction of sp³-hybridized carbons (Fsp3) is 0.923. The van der Waals surface area contributed by atoms with E-state index in [0.717, 1.165) is 26.1 Å². The Kier molecular flexibility index (Phi) is 4.40. The number of rotatable bonds is 3. The molecule has 98 valence electrons. The third-order valence-electron chi connectivity index (χ3n) is 3.64. The summed E-state index contributed by atoms with van der Waals surface area (Å²) in [5.41, 5.74) is 0. The van der Waals surface area contributed by atoms with Crippen molar-refractivity contribution in [3.05, 3.63) is 0 Å². The van der Waals surface area contributed by atoms with Crippen molar-refractivity contribution in [3.63, 3.8) is 0 Å². The molecule has 17 heavy (non-hydrogen) atoms. The maximum Gasteiger partial charge on any atom is 0.222 e. The van der Waals surface area contributed by atoms with Crippen LogP contribution in [0.5, 0.6) is 0 Å². The normalized spacial score (nSPS) is 34.0. The smallest absolute Gasteiger partial charge is 0.222 e. The van der Waals surface area contributed by atoms with Crippen molar-refractivity contribution in [2.75, 3.05) is 19.6 Å². The Hall–Kier alpha value is -0.610. The summed E-state index contributed by atoms with van der Waals surface area (Å²) in [6, 6.07) is 0.565. The first-order valence-electron chi connectivity index (χ1n) is 6.82. The van der Waals surface area contributed by atoms with Crippen LogP contribution in [0.3, 0.4) is 0 Å². The van der Waals surface area contributed by atoms with E-state index in [9.17, 15) is 4.79 Å². The molecule has 0 aromatic rings. The van der Waals surface area contributed by atoms with Gasteiger partial charge in [-0.2, -0.15) is 0 Å². The summed E-state index contributed by atoms with van der Waals surface area (Å²) in [5, 5.41) is 3.44. The second-order valence-electron chi connectivity index (χ2n) is 5.39. The Labute approximate surface area is 104 Å². The van der Waals surface area contributed by atoms with Crippen LogP contribution in [0.2, 0.25) is 0 Å². The molecule has 2 saturated heterocycles. The van der Waals surface area contributed by atoms with Crippen molar-refractivity contribution < 1.29 is 9.53 Å². The highest BCUT2D eigenvalue weighted by molar-refractivity contribution is 5.76. The molecule has 2 aliphatic heterocycles. The Balaban J connectivity index is 1.74. The van der Waals surface area contributed by atoms with E-state index >= 15 is 0 Å². The zero-order chi connectivity index (χ0) is 12.3. The Morgan fingerprint density at radius 1 is 1.35 bits per heavy atom. The largest absolute Gasteiger partial charge is 0.372 e. The van der Waals surface area contributed by atoms with Crippen molar-refractivity contribution >= 4 is 5.91 Å². The van der Waals surface area contributed by atoms with Crippen LogP contribution < -0.4 is 5.32 Å². The standard InChI is InChI=1S/C13H24N2O2/c1-10-8-15(9-11(2)17-10)13(16)6-5-12-4-3-7-14-12/h10-12,14H,3-9H2,1-2H3/t10-,11+,12?. The monoisotopic (exact) mass is 240 g/mol. The first-order valence-corrected chi connectivity index (χ1v) is 6.82. The summed E-state index contributed by atoms with van der Waals surface area (Å²) in [5.74, 6) is 0.292. The van der Waals surface area contributed by atoms with Gasteiger partial charge in [0.25, 0.3) is 0 Å². The maximum atomic E-state index is 12.1. The van der Waals surface area contributed by atoms with Gasteiger partial charge in [-0.15, -0.1) is 0 Å². The molecule has 1 amide bonds. The van der Waals surface area contributed by atoms with Gasteiger partial charge in [0.15, 0.2) is 0 Å². The average Bonchev–Trinajstić information content (AvgIpc) is 2.77. The van der Waals surface area contributed by atoms with Gasteiger partial charge in [-0.1, -0.05) is 0 Å². The van der Waals surface area contributed by atoms with E-state index in [-0.39, 0.29) is 12.2 Å². The number of ether oxygens (including phenoxy) is 1. The molecule has 2 aliphatic rings. The maximum absolute atomic E-state index is 12.1. The van der Waals surface area contributed by atoms with Gasteiger partial charge in [0, 0.05) is 25.6 Å². The Morgan fingerprint density at radius 3 is 2.65 bits per heavy atom. The Morgan fingerprint density at radius 2 is 2.06 bits per heavy atom. The molecule has 2 fully saturated rings. The van der Waals surface area contributed by atoms with E-state index in [1.165, 1.54) is 12.8 Å². The molecular weight excluding hydrogens is 216 g/mol. The van der Waals surface area contributed by atoms with Crippen LogP contribution in [0.1, 0.15) is 39.5 Å². The second-order valence-corrected chi connectivity index (χ2v) is 5.39. The molecule has 1 N–H and O–H groups in total. The van der Waals surface area contributed by atoms with Crippen LogP contribution in [-0.2, 0) is 9.53 Å². The average molecular weight is 240 g/mol. The molecule has 4 nitrogen and oxygen atoms in total. The second kappa shape index (κ2) is 5.83. The number of hydrogen-bond donors (Lipinski definition) is 1. The lowest BCUT2D eigenvalue weighted by atomic mass is 10.1. The minimum absolute atomic E-state index is 0.173. The highest BCUT2D eigenvalue weighted by atomic mass is 16.5. The fourth-order valence-electron chi connectivity index (χ4n) is 2.84. The van der Waals surface area contributed by atoms with E-state index < -0.39 is 0 Å². The van der Waals surface area contributed by atoms with Crippen molar-refractivity contribution in [2.24, 2.45) is 0 Å². The van der Waals surface area contributed by atoms with E-state index in [2.05, 4.69) is 5.32 Å². The van der Waals surface area contributed by atoms with Crippen molar-refractivity contribution in [2.45, 2.75) is 57.8 Å². The lowest BCUT2D eigenvalue weighted by molar-refractivity contribution is -0.143. The summed E-state index contributed by atoms with van der Waals surface area (Å²) < 4.78 is 5.64. The zero-order valence-corrected chi connectivity index (χ0v) is 10.9. The van der Waals surface area contributed by atoms with Gasteiger partial charge in [-0.25, -0.2) is 0 Å². The molecule has 1 unspecified atom stereocenters. The van der Waals surface area contributed by atoms with E-state index in [1.54, 1.807) is 0 Å². The number of nitrogens with zero attached hydrogens (tertiary/aromatic N) is 1. The van der Waals surface area contributed by atoms with Gasteiger partial charge < -0.3 is 15.0 Å². The highest BCUT2D eigenvalue weighted by Crippen LogP contribution is 2.15. The molecule has 2 rings (SSSR count). The Bertz CT molecular complexity index is 254. The number of carbonyl (C=O) groups excluding carboxylic acids is 1. The predicted octanol–water partition coefficient (Wildman–Crippen LogP) is 1.15. The number of amides is 1. The van der Waals surface area contributed by atoms with Crippen molar-refractivity contribution in [1.29, 1.82) is 0 Å². The first kappa shape index (κ1) is 12.8. The summed E-state index contributed by atoms with van der Waals surface area (Å²) >= 11 is 0. The molecule has 4 heteroatoms. The lowest BCUT2D eigenvalue weighted by Gasteiger charge is -2.35. The van der Waals surface area contributed by atoms with E-state index in [4.69, 9.17) is 4.74 Å². The van der Waals surface area contributed by atoms with Crippen LogP contribution in [0.4, 0.5) is 0 Å². The number of nitrogens with one attached hydrogen (secondary N) is 1. The van der Waals surface area contributed by atoms with Crippen molar-refractivity contribution in [1.82, 2.24) is 10.2 Å². The van der Waals surface area contributed by atoms with Crippen LogP contribution >= 0.6 is 0 Å². The van der Waals surface area contributed by atoms with E-state index in [0.29, 0.717) is 18.4 Å². The summed E-state index contributed by atoms with van der Waals surface area (Å²) in [6.45, 7) is 6.69. The molecule has 3 atom stereocenters. The van der Waals surface area contributed by atoms with Gasteiger partial charge in [-0.05, 0) is 39.7 Å². The zero-order valence-electron chi connectivity index (χ0n) is 10.9. The minimum Gasteiger partial charge on any atom is -0.372 e. The molecule has 0 saturated carbocycles. The third-order valence-corrected chi connectivity index (χ3v) is 3.64. The van der Waals surface area contributed by atoms with Gasteiger partial charge in [0.05, 0.1) is 12.2 Å². The summed E-state index contributed by atoms with van der Waals surface area (Å²) in [4.78, 5) is 14.1. The first-order chi connectivity index (χ1) is 8.15. The molecule has 2 heterocycles. The van der Waals surface area contributed by atoms with Crippen LogP contribution in [-0.4, -0.2) is 48.7 Å². The predicted molar refractivity (Wildman–Crippen MR) is 66.8 cm³/mol. The van der Waals surface area contributed by atoms with Crippen LogP contribution in [0.15, 0.2) is 0 Å². The van der Waals surface area contributed by atoms with Crippen molar-refractivity contribution in [3.8, 4) is 0 Å². The van der Waals surface area contributed by atoms with Gasteiger partial charge in [-0.3, -0.25) is 4.79 Å². The highest BCUT2D eigenvalue weighted by Gasteiger charge is 2.26. The molecule has 0 aromatic heterocycles. The van der Waals surface area contributed by atoms with E-state index in [1.807, 2.05) is 18.7 Å². The number of hydrogen-bond acceptors (Lipinski definition) is 3. The number of carbonyl (C=O) groups is 1. The van der Waals surface area contributed by atoms with Crippen LogP contribution in [0, 0.1) is 0 Å². The molecule has 0 aromatic carbocycles. The SMILES string of the molecule is C[C@@H]1CN(C(=O)CCC2CCCN2)C[C@H](C)O1. The van der Waals surface area contributed by atoms with Gasteiger partial charge >= 0.3 is 0 Å². The van der Waals surface area contributed by atoms with Gasteiger partial charge in [0.1, 0.15) is 0 Å². The lowest BCUT2D eigenvalue weighted by Crippen LogP contribution is -2.48. The molecule has 0 spiro atoms. The van der Waals surface area contributed by atoms with Crippen LogP contribution in [0.25, 0.3) is 0 Å². The molecule has 0 bridgehead atoms. The topological polar surface area (TPSA) is 41.6 Å². The molecular formula is C13H24N2O2. The van der Waals surface area contributed by atoms with Gasteiger partial charge in [0.2, 0.25) is 5.91 Å². The quantitative estimate of drug-likeness (QED) is 0.804. The molecule has 0 radical (unpaired) electrons. The fourth-order valence-corrected chi connectivity index (χ4v) is 2.84. The minimum atomic E-state index is 0.173.